The summed E-state index contributed by atoms with van der Waals surface area (Å²) >= 11 is 0. The average molecular weight is 246 g/mol. The van der Waals surface area contributed by atoms with Gasteiger partial charge in [-0.2, -0.15) is 0 Å². The summed E-state index contributed by atoms with van der Waals surface area (Å²) in [5.41, 5.74) is 6.81. The fourth-order valence-corrected chi connectivity index (χ4v) is 2.62. The molecule has 2 atom stereocenters. The van der Waals surface area contributed by atoms with Gasteiger partial charge < -0.3 is 10.6 Å². The van der Waals surface area contributed by atoms with Crippen molar-refractivity contribution in [1.82, 2.24) is 4.90 Å². The molecular formula is C15H22N2O. The van der Waals surface area contributed by atoms with Gasteiger partial charge in [0.1, 0.15) is 0 Å². The topological polar surface area (TPSA) is 46.3 Å². The van der Waals surface area contributed by atoms with Crippen molar-refractivity contribution >= 4 is 5.91 Å². The average Bonchev–Trinajstić information content (AvgIpc) is 2.46. The molecule has 1 saturated heterocycles. The molecule has 1 amide bonds. The Kier molecular flexibility index (Phi) is 4.37. The van der Waals surface area contributed by atoms with Gasteiger partial charge in [0.25, 0.3) is 0 Å². The van der Waals surface area contributed by atoms with Gasteiger partial charge in [0.15, 0.2) is 0 Å². The molecule has 0 bridgehead atoms. The zero-order valence-corrected chi connectivity index (χ0v) is 11.0. The van der Waals surface area contributed by atoms with Crippen LogP contribution in [0.5, 0.6) is 0 Å². The van der Waals surface area contributed by atoms with E-state index in [1.165, 1.54) is 0 Å². The SMILES string of the molecule is CC(C(=O)N1CCCC(CN)C1)c1ccccc1. The van der Waals surface area contributed by atoms with Gasteiger partial charge in [-0.25, -0.2) is 0 Å². The minimum absolute atomic E-state index is 0.0530. The third-order valence-corrected chi connectivity index (χ3v) is 3.83. The number of benzene rings is 1. The fourth-order valence-electron chi connectivity index (χ4n) is 2.62. The second-order valence-electron chi connectivity index (χ2n) is 5.16. The first-order valence-electron chi connectivity index (χ1n) is 6.76. The van der Waals surface area contributed by atoms with Crippen molar-refractivity contribution in [2.24, 2.45) is 11.7 Å². The monoisotopic (exact) mass is 246 g/mol. The lowest BCUT2D eigenvalue weighted by atomic mass is 9.95. The van der Waals surface area contributed by atoms with Crippen molar-refractivity contribution in [1.29, 1.82) is 0 Å². The summed E-state index contributed by atoms with van der Waals surface area (Å²) in [6.07, 6.45) is 2.23. The first-order chi connectivity index (χ1) is 8.72. The van der Waals surface area contributed by atoms with E-state index >= 15 is 0 Å². The summed E-state index contributed by atoms with van der Waals surface area (Å²) in [4.78, 5) is 14.4. The van der Waals surface area contributed by atoms with Gasteiger partial charge in [0.05, 0.1) is 5.92 Å². The maximum atomic E-state index is 12.4. The Morgan fingerprint density at radius 1 is 1.44 bits per heavy atom. The van der Waals surface area contributed by atoms with Gasteiger partial charge in [-0.15, -0.1) is 0 Å². The fraction of sp³-hybridized carbons (Fsp3) is 0.533. The lowest BCUT2D eigenvalue weighted by molar-refractivity contribution is -0.134. The summed E-state index contributed by atoms with van der Waals surface area (Å²) < 4.78 is 0. The molecule has 1 heterocycles. The first kappa shape index (κ1) is 13.1. The Labute approximate surface area is 109 Å². The number of carbonyl (C=O) groups is 1. The molecular weight excluding hydrogens is 224 g/mol. The molecule has 1 fully saturated rings. The lowest BCUT2D eigenvalue weighted by Gasteiger charge is -2.34. The quantitative estimate of drug-likeness (QED) is 0.886. The second kappa shape index (κ2) is 6.01. The molecule has 0 aliphatic carbocycles. The number of piperidine rings is 1. The highest BCUT2D eigenvalue weighted by molar-refractivity contribution is 5.83. The molecule has 3 heteroatoms. The van der Waals surface area contributed by atoms with E-state index in [1.54, 1.807) is 0 Å². The zero-order chi connectivity index (χ0) is 13.0. The number of nitrogens with zero attached hydrogens (tertiary/aromatic N) is 1. The number of hydrogen-bond donors (Lipinski definition) is 1. The molecule has 1 aliphatic heterocycles. The van der Waals surface area contributed by atoms with Crippen LogP contribution >= 0.6 is 0 Å². The van der Waals surface area contributed by atoms with E-state index in [4.69, 9.17) is 5.73 Å². The number of hydrogen-bond acceptors (Lipinski definition) is 2. The van der Waals surface area contributed by atoms with Crippen molar-refractivity contribution < 1.29 is 4.79 Å². The van der Waals surface area contributed by atoms with Crippen LogP contribution in [0.25, 0.3) is 0 Å². The smallest absolute Gasteiger partial charge is 0.229 e. The number of likely N-dealkylation sites (tertiary alicyclic amines) is 1. The molecule has 1 aliphatic rings. The Bertz CT molecular complexity index is 391. The molecule has 1 aromatic rings. The van der Waals surface area contributed by atoms with Crippen molar-refractivity contribution in [3.63, 3.8) is 0 Å². The van der Waals surface area contributed by atoms with Crippen LogP contribution in [0.3, 0.4) is 0 Å². The lowest BCUT2D eigenvalue weighted by Crippen LogP contribution is -2.43. The predicted octanol–water partition coefficient (Wildman–Crippen LogP) is 1.99. The Morgan fingerprint density at radius 2 is 2.17 bits per heavy atom. The van der Waals surface area contributed by atoms with E-state index in [-0.39, 0.29) is 11.8 Å². The van der Waals surface area contributed by atoms with Gasteiger partial charge >= 0.3 is 0 Å². The van der Waals surface area contributed by atoms with Gasteiger partial charge in [-0.05, 0) is 37.8 Å². The molecule has 2 unspecified atom stereocenters. The third kappa shape index (κ3) is 2.91. The van der Waals surface area contributed by atoms with E-state index in [0.717, 1.165) is 31.5 Å². The zero-order valence-electron chi connectivity index (χ0n) is 11.0. The van der Waals surface area contributed by atoms with E-state index < -0.39 is 0 Å². The Hall–Kier alpha value is -1.35. The van der Waals surface area contributed by atoms with Crippen LogP contribution in [0, 0.1) is 5.92 Å². The summed E-state index contributed by atoms with van der Waals surface area (Å²) in [5.74, 6) is 0.660. The molecule has 0 radical (unpaired) electrons. The highest BCUT2D eigenvalue weighted by Gasteiger charge is 2.26. The standard InChI is InChI=1S/C15H22N2O/c1-12(14-7-3-2-4-8-14)15(18)17-9-5-6-13(10-16)11-17/h2-4,7-8,12-13H,5-6,9-11,16H2,1H3. The van der Waals surface area contributed by atoms with E-state index in [2.05, 4.69) is 0 Å². The van der Waals surface area contributed by atoms with Crippen LogP contribution in [-0.2, 0) is 4.79 Å². The minimum Gasteiger partial charge on any atom is -0.342 e. The van der Waals surface area contributed by atoms with Gasteiger partial charge in [-0.1, -0.05) is 30.3 Å². The normalized spacial score (nSPS) is 21.7. The van der Waals surface area contributed by atoms with Crippen molar-refractivity contribution in [3.8, 4) is 0 Å². The molecule has 0 saturated carbocycles. The first-order valence-corrected chi connectivity index (χ1v) is 6.76. The van der Waals surface area contributed by atoms with Crippen molar-refractivity contribution in [2.75, 3.05) is 19.6 Å². The molecule has 2 N–H and O–H groups in total. The van der Waals surface area contributed by atoms with E-state index in [9.17, 15) is 4.79 Å². The molecule has 3 nitrogen and oxygen atoms in total. The van der Waals surface area contributed by atoms with E-state index in [0.29, 0.717) is 12.5 Å². The largest absolute Gasteiger partial charge is 0.342 e. The molecule has 0 spiro atoms. The summed E-state index contributed by atoms with van der Waals surface area (Å²) in [5, 5.41) is 0. The van der Waals surface area contributed by atoms with Crippen LogP contribution in [0.4, 0.5) is 0 Å². The molecule has 1 aromatic carbocycles. The summed E-state index contributed by atoms with van der Waals surface area (Å²) in [7, 11) is 0. The van der Waals surface area contributed by atoms with Gasteiger partial charge in [0.2, 0.25) is 5.91 Å². The van der Waals surface area contributed by atoms with Crippen LogP contribution in [0.1, 0.15) is 31.2 Å². The van der Waals surface area contributed by atoms with Crippen LogP contribution < -0.4 is 5.73 Å². The molecule has 98 valence electrons. The van der Waals surface area contributed by atoms with Crippen molar-refractivity contribution in [2.45, 2.75) is 25.7 Å². The van der Waals surface area contributed by atoms with Crippen LogP contribution in [0.2, 0.25) is 0 Å². The van der Waals surface area contributed by atoms with Crippen LogP contribution in [-0.4, -0.2) is 30.4 Å². The number of rotatable bonds is 3. The van der Waals surface area contributed by atoms with E-state index in [1.807, 2.05) is 42.2 Å². The second-order valence-corrected chi connectivity index (χ2v) is 5.16. The predicted molar refractivity (Wildman–Crippen MR) is 73.2 cm³/mol. The molecule has 0 aromatic heterocycles. The maximum Gasteiger partial charge on any atom is 0.229 e. The van der Waals surface area contributed by atoms with Crippen molar-refractivity contribution in [3.05, 3.63) is 35.9 Å². The van der Waals surface area contributed by atoms with Gasteiger partial charge in [0, 0.05) is 13.1 Å². The van der Waals surface area contributed by atoms with Gasteiger partial charge in [-0.3, -0.25) is 4.79 Å². The number of amides is 1. The number of carbonyl (C=O) groups excluding carboxylic acids is 1. The molecule has 2 rings (SSSR count). The Balaban J connectivity index is 2.02. The highest BCUT2D eigenvalue weighted by atomic mass is 16.2. The molecule has 18 heavy (non-hydrogen) atoms. The number of nitrogens with two attached hydrogens (primary N) is 1. The maximum absolute atomic E-state index is 12.4. The highest BCUT2D eigenvalue weighted by Crippen LogP contribution is 2.22. The summed E-state index contributed by atoms with van der Waals surface area (Å²) in [6.45, 7) is 4.38. The van der Waals surface area contributed by atoms with Crippen LogP contribution in [0.15, 0.2) is 30.3 Å². The third-order valence-electron chi connectivity index (χ3n) is 3.83. The Morgan fingerprint density at radius 3 is 2.83 bits per heavy atom. The summed E-state index contributed by atoms with van der Waals surface area (Å²) in [6, 6.07) is 9.99. The minimum atomic E-state index is -0.0530.